The zero-order valence-electron chi connectivity index (χ0n) is 13.5. The summed E-state index contributed by atoms with van der Waals surface area (Å²) in [6, 6.07) is 4.24. The van der Waals surface area contributed by atoms with Gasteiger partial charge in [-0.25, -0.2) is 0 Å². The second kappa shape index (κ2) is 4.18. The Balaban J connectivity index is 1.86. The van der Waals surface area contributed by atoms with Crippen molar-refractivity contribution < 1.29 is 14.9 Å². The predicted molar refractivity (Wildman–Crippen MR) is 86.5 cm³/mol. The standard InChI is InChI=1S/C19H23NO3/c1-11-5-6-19(22)14-9-12-3-4-13(10-21)16-15(12)18(19,17(11)23-16)7-8-20(14)2/h3-4,14,17,21-22H,1,5-10H2,2H3/t14?,17?,18-,19+/m0/s1. The number of aliphatic hydroxyl groups is 2. The van der Waals surface area contributed by atoms with Gasteiger partial charge in [0.2, 0.25) is 0 Å². The van der Waals surface area contributed by atoms with Gasteiger partial charge in [0, 0.05) is 17.2 Å². The molecule has 23 heavy (non-hydrogen) atoms. The Morgan fingerprint density at radius 1 is 1.39 bits per heavy atom. The van der Waals surface area contributed by atoms with Crippen LogP contribution >= 0.6 is 0 Å². The van der Waals surface area contributed by atoms with E-state index in [2.05, 4.69) is 24.6 Å². The lowest BCUT2D eigenvalue weighted by atomic mass is 9.48. The van der Waals surface area contributed by atoms with Gasteiger partial charge in [-0.05, 0) is 50.4 Å². The molecule has 4 nitrogen and oxygen atoms in total. The molecule has 1 saturated heterocycles. The summed E-state index contributed by atoms with van der Waals surface area (Å²) in [6.45, 7) is 5.20. The van der Waals surface area contributed by atoms with Crippen LogP contribution < -0.4 is 4.74 Å². The average Bonchev–Trinajstić information content (AvgIpc) is 2.90. The molecule has 1 spiro atoms. The number of likely N-dealkylation sites (tertiary alicyclic amines) is 1. The molecule has 2 fully saturated rings. The first-order chi connectivity index (χ1) is 11.0. The second-order valence-electron chi connectivity index (χ2n) is 7.75. The number of ether oxygens (including phenoxy) is 1. The van der Waals surface area contributed by atoms with E-state index in [1.807, 2.05) is 6.07 Å². The average molecular weight is 313 g/mol. The molecule has 2 bridgehead atoms. The molecular weight excluding hydrogens is 290 g/mol. The largest absolute Gasteiger partial charge is 0.484 e. The summed E-state index contributed by atoms with van der Waals surface area (Å²) >= 11 is 0. The van der Waals surface area contributed by atoms with Crippen molar-refractivity contribution in [2.45, 2.75) is 55.5 Å². The van der Waals surface area contributed by atoms with E-state index in [1.165, 1.54) is 11.1 Å². The van der Waals surface area contributed by atoms with Crippen LogP contribution in [-0.2, 0) is 18.4 Å². The van der Waals surface area contributed by atoms with E-state index in [4.69, 9.17) is 4.74 Å². The number of piperidine rings is 1. The Morgan fingerprint density at radius 2 is 2.22 bits per heavy atom. The number of nitrogens with zero attached hydrogens (tertiary/aromatic N) is 1. The van der Waals surface area contributed by atoms with Crippen molar-refractivity contribution in [3.8, 4) is 5.75 Å². The number of aliphatic hydroxyl groups excluding tert-OH is 1. The van der Waals surface area contributed by atoms with Gasteiger partial charge in [0.25, 0.3) is 0 Å². The van der Waals surface area contributed by atoms with Crippen molar-refractivity contribution >= 4 is 0 Å². The molecule has 2 N–H and O–H groups in total. The monoisotopic (exact) mass is 313 g/mol. The Bertz CT molecular complexity index is 730. The summed E-state index contributed by atoms with van der Waals surface area (Å²) in [5.41, 5.74) is 3.22. The maximum Gasteiger partial charge on any atom is 0.132 e. The van der Waals surface area contributed by atoms with E-state index in [0.717, 1.165) is 49.1 Å². The van der Waals surface area contributed by atoms with Crippen molar-refractivity contribution in [3.05, 3.63) is 41.0 Å². The van der Waals surface area contributed by atoms with Gasteiger partial charge in [0.15, 0.2) is 0 Å². The Hall–Kier alpha value is -1.36. The molecule has 1 saturated carbocycles. The lowest BCUT2D eigenvalue weighted by molar-refractivity contribution is -0.168. The minimum atomic E-state index is -0.766. The Labute approximate surface area is 136 Å². The summed E-state index contributed by atoms with van der Waals surface area (Å²) in [5, 5.41) is 21.6. The highest BCUT2D eigenvalue weighted by molar-refractivity contribution is 5.62. The molecule has 2 heterocycles. The van der Waals surface area contributed by atoms with Crippen molar-refractivity contribution in [2.75, 3.05) is 13.6 Å². The quantitative estimate of drug-likeness (QED) is 0.772. The minimum absolute atomic E-state index is 0.0281. The lowest BCUT2D eigenvalue weighted by Crippen LogP contribution is -2.74. The van der Waals surface area contributed by atoms with Gasteiger partial charge in [-0.2, -0.15) is 0 Å². The SMILES string of the molecule is C=C1CC[C@@]2(O)C3Cc4ccc(CO)c5c4[C@@]2(CCN3C)C1O5. The first kappa shape index (κ1) is 14.0. The highest BCUT2D eigenvalue weighted by atomic mass is 16.5. The van der Waals surface area contributed by atoms with Crippen LogP contribution in [0.3, 0.4) is 0 Å². The van der Waals surface area contributed by atoms with Crippen LogP contribution in [0.25, 0.3) is 0 Å². The third kappa shape index (κ3) is 1.36. The number of hydrogen-bond donors (Lipinski definition) is 2. The molecule has 1 aromatic rings. The molecule has 1 aromatic carbocycles. The number of benzene rings is 1. The van der Waals surface area contributed by atoms with Crippen molar-refractivity contribution in [1.29, 1.82) is 0 Å². The minimum Gasteiger partial charge on any atom is -0.484 e. The molecule has 122 valence electrons. The summed E-state index contributed by atoms with van der Waals surface area (Å²) in [6.07, 6.45) is 3.15. The fraction of sp³-hybridized carbons (Fsp3) is 0.579. The molecule has 4 atom stereocenters. The second-order valence-corrected chi connectivity index (χ2v) is 7.75. The van der Waals surface area contributed by atoms with Gasteiger partial charge in [-0.15, -0.1) is 0 Å². The fourth-order valence-corrected chi connectivity index (χ4v) is 5.86. The normalized spacial score (nSPS) is 40.7. The fourth-order valence-electron chi connectivity index (χ4n) is 5.86. The summed E-state index contributed by atoms with van der Waals surface area (Å²) in [5.74, 6) is 0.819. The van der Waals surface area contributed by atoms with Gasteiger partial charge in [0.1, 0.15) is 11.9 Å². The van der Waals surface area contributed by atoms with Crippen LogP contribution in [0.2, 0.25) is 0 Å². The molecule has 0 amide bonds. The molecule has 4 aliphatic rings. The number of hydrogen-bond acceptors (Lipinski definition) is 4. The molecule has 0 radical (unpaired) electrons. The van der Waals surface area contributed by atoms with Crippen molar-refractivity contribution in [3.63, 3.8) is 0 Å². The van der Waals surface area contributed by atoms with E-state index in [0.29, 0.717) is 0 Å². The Morgan fingerprint density at radius 3 is 3.00 bits per heavy atom. The third-order valence-electron chi connectivity index (χ3n) is 6.95. The topological polar surface area (TPSA) is 52.9 Å². The number of likely N-dealkylation sites (N-methyl/N-ethyl adjacent to an activating group) is 1. The molecular formula is C19H23NO3. The number of rotatable bonds is 1. The van der Waals surface area contributed by atoms with Crippen LogP contribution in [0, 0.1) is 0 Å². The van der Waals surface area contributed by atoms with Gasteiger partial charge in [-0.1, -0.05) is 18.7 Å². The van der Waals surface area contributed by atoms with Crippen molar-refractivity contribution in [2.24, 2.45) is 0 Å². The summed E-state index contributed by atoms with van der Waals surface area (Å²) < 4.78 is 6.38. The van der Waals surface area contributed by atoms with Gasteiger partial charge < -0.3 is 19.8 Å². The van der Waals surface area contributed by atoms with Crippen LogP contribution in [0.1, 0.15) is 36.0 Å². The van der Waals surface area contributed by atoms with E-state index in [-0.39, 0.29) is 24.2 Å². The third-order valence-corrected chi connectivity index (χ3v) is 6.95. The molecule has 0 aromatic heterocycles. The first-order valence-corrected chi connectivity index (χ1v) is 8.56. The van der Waals surface area contributed by atoms with Gasteiger partial charge in [0.05, 0.1) is 17.6 Å². The smallest absolute Gasteiger partial charge is 0.132 e. The van der Waals surface area contributed by atoms with Crippen LogP contribution in [0.4, 0.5) is 0 Å². The predicted octanol–water partition coefficient (Wildman–Crippen LogP) is 1.52. The molecule has 2 unspecified atom stereocenters. The lowest BCUT2D eigenvalue weighted by Gasteiger charge is -2.62. The van der Waals surface area contributed by atoms with Crippen LogP contribution in [0.5, 0.6) is 5.75 Å². The van der Waals surface area contributed by atoms with Gasteiger partial charge in [-0.3, -0.25) is 0 Å². The van der Waals surface area contributed by atoms with E-state index in [9.17, 15) is 10.2 Å². The van der Waals surface area contributed by atoms with Crippen LogP contribution in [0.15, 0.2) is 24.3 Å². The molecule has 2 aliphatic heterocycles. The van der Waals surface area contributed by atoms with E-state index < -0.39 is 5.60 Å². The van der Waals surface area contributed by atoms with Gasteiger partial charge >= 0.3 is 0 Å². The van der Waals surface area contributed by atoms with Crippen LogP contribution in [-0.4, -0.2) is 46.5 Å². The van der Waals surface area contributed by atoms with E-state index >= 15 is 0 Å². The Kier molecular flexibility index (Phi) is 2.55. The summed E-state index contributed by atoms with van der Waals surface area (Å²) in [7, 11) is 2.12. The highest BCUT2D eigenvalue weighted by Gasteiger charge is 2.71. The molecule has 5 rings (SSSR count). The van der Waals surface area contributed by atoms with E-state index in [1.54, 1.807) is 0 Å². The first-order valence-electron chi connectivity index (χ1n) is 8.56. The van der Waals surface area contributed by atoms with Crippen molar-refractivity contribution in [1.82, 2.24) is 4.90 Å². The zero-order valence-corrected chi connectivity index (χ0v) is 13.5. The maximum atomic E-state index is 11.8. The molecule has 2 aliphatic carbocycles. The summed E-state index contributed by atoms with van der Waals surface area (Å²) in [4.78, 5) is 2.32. The maximum absolute atomic E-state index is 11.8. The molecule has 4 heteroatoms. The highest BCUT2D eigenvalue weighted by Crippen LogP contribution is 2.65. The zero-order chi connectivity index (χ0) is 16.0.